The smallest absolute Gasteiger partial charge is 0.359 e. The van der Waals surface area contributed by atoms with E-state index in [0.29, 0.717) is 11.1 Å². The number of nitriles is 1. The number of hydrogen-bond acceptors (Lipinski definition) is 6. The lowest BCUT2D eigenvalue weighted by Gasteiger charge is -2.02. The van der Waals surface area contributed by atoms with Crippen LogP contribution in [0.3, 0.4) is 0 Å². The van der Waals surface area contributed by atoms with Gasteiger partial charge >= 0.3 is 5.97 Å². The molecule has 102 valence electrons. The fraction of sp³-hybridized carbons (Fsp3) is 0.0714. The van der Waals surface area contributed by atoms with Crippen LogP contribution in [0.25, 0.3) is 5.52 Å². The molecular formula is C14H9N5O2. The van der Waals surface area contributed by atoms with Gasteiger partial charge in [0.2, 0.25) is 0 Å². The molecule has 0 atom stereocenters. The predicted octanol–water partition coefficient (Wildman–Crippen LogP) is 1.35. The molecule has 3 aromatic heterocycles. The van der Waals surface area contributed by atoms with Gasteiger partial charge in [0, 0.05) is 18.5 Å². The van der Waals surface area contributed by atoms with Gasteiger partial charge in [0.05, 0.1) is 5.52 Å². The van der Waals surface area contributed by atoms with E-state index >= 15 is 0 Å². The second-order valence-electron chi connectivity index (χ2n) is 4.20. The zero-order valence-electron chi connectivity index (χ0n) is 10.8. The molecule has 7 nitrogen and oxygen atoms in total. The van der Waals surface area contributed by atoms with Gasteiger partial charge in [-0.3, -0.25) is 0 Å². The Morgan fingerprint density at radius 1 is 1.33 bits per heavy atom. The summed E-state index contributed by atoms with van der Waals surface area (Å²) in [6.45, 7) is 0.0529. The Bertz CT molecular complexity index is 817. The van der Waals surface area contributed by atoms with Crippen molar-refractivity contribution in [2.45, 2.75) is 6.61 Å². The molecule has 0 aromatic carbocycles. The van der Waals surface area contributed by atoms with Gasteiger partial charge in [-0.25, -0.2) is 9.78 Å². The molecule has 0 unspecified atom stereocenters. The van der Waals surface area contributed by atoms with Gasteiger partial charge < -0.3 is 4.74 Å². The van der Waals surface area contributed by atoms with Gasteiger partial charge in [0.15, 0.2) is 5.69 Å². The van der Waals surface area contributed by atoms with E-state index in [0.717, 1.165) is 0 Å². The zero-order valence-corrected chi connectivity index (χ0v) is 10.8. The Kier molecular flexibility index (Phi) is 3.27. The summed E-state index contributed by atoms with van der Waals surface area (Å²) in [5, 5.41) is 16.8. The van der Waals surface area contributed by atoms with Crippen molar-refractivity contribution >= 4 is 11.5 Å². The molecule has 0 spiro atoms. The van der Waals surface area contributed by atoms with Gasteiger partial charge in [-0.05, 0) is 29.8 Å². The third-order valence-corrected chi connectivity index (χ3v) is 2.77. The van der Waals surface area contributed by atoms with Crippen molar-refractivity contribution in [3.05, 3.63) is 59.7 Å². The van der Waals surface area contributed by atoms with E-state index in [2.05, 4.69) is 15.2 Å². The second-order valence-corrected chi connectivity index (χ2v) is 4.20. The largest absolute Gasteiger partial charge is 0.456 e. The summed E-state index contributed by atoms with van der Waals surface area (Å²) in [7, 11) is 0. The normalized spacial score (nSPS) is 10.2. The van der Waals surface area contributed by atoms with Crippen LogP contribution in [0, 0.1) is 11.3 Å². The van der Waals surface area contributed by atoms with Crippen molar-refractivity contribution in [2.24, 2.45) is 0 Å². The van der Waals surface area contributed by atoms with Gasteiger partial charge in [-0.15, -0.1) is 5.10 Å². The van der Waals surface area contributed by atoms with E-state index in [1.54, 1.807) is 36.5 Å². The fourth-order valence-corrected chi connectivity index (χ4v) is 1.78. The molecule has 3 heterocycles. The fourth-order valence-electron chi connectivity index (χ4n) is 1.78. The van der Waals surface area contributed by atoms with E-state index in [4.69, 9.17) is 10.00 Å². The maximum atomic E-state index is 11.9. The van der Waals surface area contributed by atoms with Crippen LogP contribution in [0.4, 0.5) is 0 Å². The first-order valence-corrected chi connectivity index (χ1v) is 6.09. The van der Waals surface area contributed by atoms with Crippen molar-refractivity contribution < 1.29 is 9.53 Å². The number of carbonyl (C=O) groups excluding carboxylic acids is 1. The minimum Gasteiger partial charge on any atom is -0.456 e. The molecule has 0 aliphatic rings. The molecule has 21 heavy (non-hydrogen) atoms. The lowest BCUT2D eigenvalue weighted by Crippen LogP contribution is -2.06. The highest BCUT2D eigenvalue weighted by molar-refractivity contribution is 5.88. The summed E-state index contributed by atoms with van der Waals surface area (Å²) in [4.78, 5) is 15.8. The SMILES string of the molecule is N#Cc1cc(COC(=O)c2cc3cccnn3n2)ccn1. The highest BCUT2D eigenvalue weighted by atomic mass is 16.5. The lowest BCUT2D eigenvalue weighted by atomic mass is 10.2. The van der Waals surface area contributed by atoms with Crippen LogP contribution in [-0.4, -0.2) is 25.8 Å². The third kappa shape index (κ3) is 2.69. The summed E-state index contributed by atoms with van der Waals surface area (Å²) in [5.41, 5.74) is 1.86. The molecule has 0 amide bonds. The lowest BCUT2D eigenvalue weighted by molar-refractivity contribution is 0.0465. The molecule has 0 saturated heterocycles. The molecule has 0 aliphatic carbocycles. The summed E-state index contributed by atoms with van der Waals surface area (Å²) in [6.07, 6.45) is 3.08. The van der Waals surface area contributed by atoms with Gasteiger partial charge in [-0.1, -0.05) is 0 Å². The number of nitrogens with zero attached hydrogens (tertiary/aromatic N) is 5. The number of carbonyl (C=O) groups is 1. The van der Waals surface area contributed by atoms with E-state index in [1.165, 1.54) is 10.8 Å². The molecule has 0 fully saturated rings. The molecule has 0 bridgehead atoms. The minimum atomic E-state index is -0.546. The van der Waals surface area contributed by atoms with Crippen molar-refractivity contribution in [2.75, 3.05) is 0 Å². The highest BCUT2D eigenvalue weighted by Gasteiger charge is 2.13. The number of esters is 1. The number of pyridine rings is 1. The van der Waals surface area contributed by atoms with Gasteiger partial charge in [0.1, 0.15) is 18.4 Å². The van der Waals surface area contributed by atoms with Crippen LogP contribution < -0.4 is 0 Å². The Labute approximate surface area is 119 Å². The van der Waals surface area contributed by atoms with E-state index in [1.807, 2.05) is 6.07 Å². The van der Waals surface area contributed by atoms with E-state index in [-0.39, 0.29) is 18.0 Å². The van der Waals surface area contributed by atoms with Crippen LogP contribution >= 0.6 is 0 Å². The third-order valence-electron chi connectivity index (χ3n) is 2.77. The minimum absolute atomic E-state index is 0.0529. The first-order valence-electron chi connectivity index (χ1n) is 6.09. The standard InChI is InChI=1S/C14H9N5O2/c15-8-11-6-10(3-5-16-11)9-21-14(20)13-7-12-2-1-4-17-19(12)18-13/h1-7H,9H2. The van der Waals surface area contributed by atoms with Crippen molar-refractivity contribution in [3.63, 3.8) is 0 Å². The number of aromatic nitrogens is 4. The van der Waals surface area contributed by atoms with Crippen LogP contribution in [0.2, 0.25) is 0 Å². The Morgan fingerprint density at radius 2 is 2.24 bits per heavy atom. The molecular weight excluding hydrogens is 270 g/mol. The van der Waals surface area contributed by atoms with Crippen LogP contribution in [-0.2, 0) is 11.3 Å². The maximum Gasteiger partial charge on any atom is 0.359 e. The number of rotatable bonds is 3. The average molecular weight is 279 g/mol. The van der Waals surface area contributed by atoms with E-state index in [9.17, 15) is 4.79 Å². The Morgan fingerprint density at radius 3 is 3.05 bits per heavy atom. The second kappa shape index (κ2) is 5.38. The molecule has 3 aromatic rings. The molecule has 0 aliphatic heterocycles. The van der Waals surface area contributed by atoms with Gasteiger partial charge in [-0.2, -0.15) is 15.0 Å². The average Bonchev–Trinajstić information content (AvgIpc) is 2.97. The highest BCUT2D eigenvalue weighted by Crippen LogP contribution is 2.08. The van der Waals surface area contributed by atoms with Crippen LogP contribution in [0.1, 0.15) is 21.7 Å². The van der Waals surface area contributed by atoms with Gasteiger partial charge in [0.25, 0.3) is 0 Å². The summed E-state index contributed by atoms with van der Waals surface area (Å²) >= 11 is 0. The zero-order chi connectivity index (χ0) is 14.7. The molecule has 3 rings (SSSR count). The number of fused-ring (bicyclic) bond motifs is 1. The summed E-state index contributed by atoms with van der Waals surface area (Å²) < 4.78 is 6.52. The van der Waals surface area contributed by atoms with Crippen LogP contribution in [0.5, 0.6) is 0 Å². The topological polar surface area (TPSA) is 93.2 Å². The first kappa shape index (κ1) is 12.7. The van der Waals surface area contributed by atoms with Crippen molar-refractivity contribution in [1.82, 2.24) is 19.8 Å². The predicted molar refractivity (Wildman–Crippen MR) is 71.1 cm³/mol. The maximum absolute atomic E-state index is 11.9. The molecule has 7 heteroatoms. The summed E-state index contributed by atoms with van der Waals surface area (Å²) in [5.74, 6) is -0.546. The first-order chi connectivity index (χ1) is 10.3. The van der Waals surface area contributed by atoms with E-state index < -0.39 is 5.97 Å². The molecule has 0 saturated carbocycles. The van der Waals surface area contributed by atoms with Crippen molar-refractivity contribution in [1.29, 1.82) is 5.26 Å². The number of hydrogen-bond donors (Lipinski definition) is 0. The molecule has 0 radical (unpaired) electrons. The number of ether oxygens (including phenoxy) is 1. The van der Waals surface area contributed by atoms with Crippen molar-refractivity contribution in [3.8, 4) is 6.07 Å². The Balaban J connectivity index is 1.72. The summed E-state index contributed by atoms with van der Waals surface area (Å²) in [6, 6.07) is 10.3. The molecule has 0 N–H and O–H groups in total. The quantitative estimate of drug-likeness (QED) is 0.672. The monoisotopic (exact) mass is 279 g/mol. The van der Waals surface area contributed by atoms with Crippen LogP contribution in [0.15, 0.2) is 42.7 Å². The Hall–Kier alpha value is -3.27.